The number of urea groups is 1. The van der Waals surface area contributed by atoms with E-state index in [1.807, 2.05) is 19.1 Å². The number of carbonyl (C=O) groups is 3. The number of nitrogens with zero attached hydrogens (tertiary/aromatic N) is 1. The number of imide groups is 1. The largest absolute Gasteiger partial charge is 0.496 e. The minimum atomic E-state index is -0.636. The number of ether oxygens (including phenoxy) is 1. The van der Waals surface area contributed by atoms with Gasteiger partial charge in [-0.25, -0.2) is 9.69 Å². The summed E-state index contributed by atoms with van der Waals surface area (Å²) < 4.78 is 5.89. The number of rotatable bonds is 5. The van der Waals surface area contributed by atoms with Gasteiger partial charge in [-0.2, -0.15) is 0 Å². The molecule has 1 saturated heterocycles. The number of halogens is 1. The number of aryl methyl sites for hydroxylation is 1. The molecule has 0 aliphatic carbocycles. The lowest BCUT2D eigenvalue weighted by molar-refractivity contribution is -0.127. The van der Waals surface area contributed by atoms with Crippen molar-refractivity contribution in [2.75, 3.05) is 19.0 Å². The molecule has 0 unspecified atom stereocenters. The SMILES string of the molecule is COc1ccc(C=C2NC(=O)N(CC(=O)Nc3ccc(C)cc3)C2=O)cc1Br. The molecule has 28 heavy (non-hydrogen) atoms. The van der Waals surface area contributed by atoms with Gasteiger partial charge in [-0.1, -0.05) is 23.8 Å². The molecule has 0 bridgehead atoms. The van der Waals surface area contributed by atoms with Crippen molar-refractivity contribution in [3.05, 3.63) is 63.8 Å². The number of anilines is 1. The van der Waals surface area contributed by atoms with E-state index in [9.17, 15) is 14.4 Å². The number of methoxy groups -OCH3 is 1. The van der Waals surface area contributed by atoms with Crippen molar-refractivity contribution in [3.8, 4) is 5.75 Å². The normalized spacial score (nSPS) is 15.0. The number of hydrogen-bond acceptors (Lipinski definition) is 4. The van der Waals surface area contributed by atoms with Crippen molar-refractivity contribution in [2.45, 2.75) is 6.92 Å². The molecule has 1 fully saturated rings. The lowest BCUT2D eigenvalue weighted by Crippen LogP contribution is -2.38. The molecular formula is C20H18BrN3O4. The molecule has 3 rings (SSSR count). The molecule has 1 heterocycles. The number of benzene rings is 2. The molecule has 4 amide bonds. The van der Waals surface area contributed by atoms with Gasteiger partial charge in [0.15, 0.2) is 0 Å². The summed E-state index contributed by atoms with van der Waals surface area (Å²) in [7, 11) is 1.55. The Hall–Kier alpha value is -3.13. The van der Waals surface area contributed by atoms with E-state index < -0.39 is 17.8 Å². The molecule has 1 aliphatic heterocycles. The van der Waals surface area contributed by atoms with Gasteiger partial charge in [-0.15, -0.1) is 0 Å². The first-order chi connectivity index (χ1) is 13.4. The molecular weight excluding hydrogens is 426 g/mol. The van der Waals surface area contributed by atoms with Crippen molar-refractivity contribution in [2.24, 2.45) is 0 Å². The summed E-state index contributed by atoms with van der Waals surface area (Å²) >= 11 is 3.37. The second-order valence-corrected chi connectivity index (χ2v) is 7.04. The Morgan fingerprint density at radius 2 is 1.93 bits per heavy atom. The van der Waals surface area contributed by atoms with Crippen LogP contribution in [0.5, 0.6) is 5.75 Å². The van der Waals surface area contributed by atoms with E-state index in [2.05, 4.69) is 26.6 Å². The van der Waals surface area contributed by atoms with Gasteiger partial charge in [0.25, 0.3) is 5.91 Å². The molecule has 0 radical (unpaired) electrons. The summed E-state index contributed by atoms with van der Waals surface area (Å²) in [5.41, 5.74) is 2.46. The Morgan fingerprint density at radius 3 is 2.57 bits per heavy atom. The molecule has 0 aromatic heterocycles. The molecule has 0 spiro atoms. The Morgan fingerprint density at radius 1 is 1.21 bits per heavy atom. The zero-order valence-electron chi connectivity index (χ0n) is 15.3. The third-order valence-electron chi connectivity index (χ3n) is 4.09. The maximum absolute atomic E-state index is 12.5. The van der Waals surface area contributed by atoms with Gasteiger partial charge in [0, 0.05) is 5.69 Å². The molecule has 2 N–H and O–H groups in total. The molecule has 144 valence electrons. The Labute approximate surface area is 170 Å². The van der Waals surface area contributed by atoms with Crippen LogP contribution < -0.4 is 15.4 Å². The number of nitrogens with one attached hydrogen (secondary N) is 2. The summed E-state index contributed by atoms with van der Waals surface area (Å²) in [5, 5.41) is 5.17. The van der Waals surface area contributed by atoms with Crippen molar-refractivity contribution in [3.63, 3.8) is 0 Å². The third kappa shape index (κ3) is 4.40. The highest BCUT2D eigenvalue weighted by Gasteiger charge is 2.34. The van der Waals surface area contributed by atoms with Crippen molar-refractivity contribution in [1.29, 1.82) is 0 Å². The maximum atomic E-state index is 12.5. The van der Waals surface area contributed by atoms with E-state index >= 15 is 0 Å². The van der Waals surface area contributed by atoms with Crippen LogP contribution in [0.15, 0.2) is 52.6 Å². The van der Waals surface area contributed by atoms with Gasteiger partial charge < -0.3 is 15.4 Å². The minimum absolute atomic E-state index is 0.102. The molecule has 2 aromatic rings. The van der Waals surface area contributed by atoms with Crippen LogP contribution in [0, 0.1) is 6.92 Å². The van der Waals surface area contributed by atoms with Gasteiger partial charge in [0.1, 0.15) is 18.0 Å². The predicted octanol–water partition coefficient (Wildman–Crippen LogP) is 3.30. The van der Waals surface area contributed by atoms with Crippen molar-refractivity contribution in [1.82, 2.24) is 10.2 Å². The van der Waals surface area contributed by atoms with Gasteiger partial charge in [-0.3, -0.25) is 9.59 Å². The lowest BCUT2D eigenvalue weighted by atomic mass is 10.2. The second-order valence-electron chi connectivity index (χ2n) is 6.19. The van der Waals surface area contributed by atoms with Crippen LogP contribution in [0.1, 0.15) is 11.1 Å². The first-order valence-electron chi connectivity index (χ1n) is 8.42. The molecule has 8 heteroatoms. The molecule has 1 aliphatic rings. The highest BCUT2D eigenvalue weighted by atomic mass is 79.9. The van der Waals surface area contributed by atoms with Gasteiger partial charge in [0.05, 0.1) is 11.6 Å². The first kappa shape index (κ1) is 19.6. The zero-order valence-corrected chi connectivity index (χ0v) is 16.9. The topological polar surface area (TPSA) is 87.7 Å². The third-order valence-corrected chi connectivity index (χ3v) is 4.71. The Balaban J connectivity index is 1.69. The molecule has 0 saturated carbocycles. The average Bonchev–Trinajstić information content (AvgIpc) is 2.91. The predicted molar refractivity (Wildman–Crippen MR) is 109 cm³/mol. The zero-order chi connectivity index (χ0) is 20.3. The fourth-order valence-electron chi connectivity index (χ4n) is 2.64. The summed E-state index contributed by atoms with van der Waals surface area (Å²) in [6.07, 6.45) is 1.54. The van der Waals surface area contributed by atoms with E-state index in [0.717, 1.165) is 14.9 Å². The fraction of sp³-hybridized carbons (Fsp3) is 0.150. The van der Waals surface area contributed by atoms with Crippen molar-refractivity contribution >= 4 is 45.5 Å². The Bertz CT molecular complexity index is 970. The second kappa shape index (κ2) is 8.26. The van der Waals surface area contributed by atoms with E-state index in [1.54, 1.807) is 43.5 Å². The van der Waals surface area contributed by atoms with Crippen LogP contribution in [0.3, 0.4) is 0 Å². The van der Waals surface area contributed by atoms with Crippen LogP contribution in [0.4, 0.5) is 10.5 Å². The number of hydrogen-bond donors (Lipinski definition) is 2. The number of amides is 4. The standard InChI is InChI=1S/C20H18BrN3O4/c1-12-3-6-14(7-4-12)22-18(25)11-24-19(26)16(23-20(24)27)10-13-5-8-17(28-2)15(21)9-13/h3-10H,11H2,1-2H3,(H,22,25)(H,23,27). The highest BCUT2D eigenvalue weighted by Crippen LogP contribution is 2.27. The summed E-state index contributed by atoms with van der Waals surface area (Å²) in [5.74, 6) is -0.366. The summed E-state index contributed by atoms with van der Waals surface area (Å²) in [4.78, 5) is 37.7. The van der Waals surface area contributed by atoms with Gasteiger partial charge in [-0.05, 0) is 58.8 Å². The van der Waals surface area contributed by atoms with Crippen LogP contribution in [0.25, 0.3) is 6.08 Å². The average molecular weight is 444 g/mol. The van der Waals surface area contributed by atoms with Gasteiger partial charge in [0.2, 0.25) is 5.91 Å². The van der Waals surface area contributed by atoms with Crippen LogP contribution in [0.2, 0.25) is 0 Å². The van der Waals surface area contributed by atoms with Gasteiger partial charge >= 0.3 is 6.03 Å². The first-order valence-corrected chi connectivity index (χ1v) is 9.21. The van der Waals surface area contributed by atoms with E-state index in [0.29, 0.717) is 17.0 Å². The van der Waals surface area contributed by atoms with E-state index in [1.165, 1.54) is 0 Å². The quantitative estimate of drug-likeness (QED) is 0.548. The smallest absolute Gasteiger partial charge is 0.329 e. The molecule has 0 atom stereocenters. The lowest BCUT2D eigenvalue weighted by Gasteiger charge is -2.12. The molecule has 2 aromatic carbocycles. The van der Waals surface area contributed by atoms with Crippen molar-refractivity contribution < 1.29 is 19.1 Å². The highest BCUT2D eigenvalue weighted by molar-refractivity contribution is 9.10. The summed E-state index contributed by atoms with van der Waals surface area (Å²) in [6.45, 7) is 1.57. The number of carbonyl (C=O) groups excluding carboxylic acids is 3. The maximum Gasteiger partial charge on any atom is 0.329 e. The summed E-state index contributed by atoms with van der Waals surface area (Å²) in [6, 6.07) is 11.8. The fourth-order valence-corrected chi connectivity index (χ4v) is 3.19. The molecule has 7 nitrogen and oxygen atoms in total. The minimum Gasteiger partial charge on any atom is -0.496 e. The van der Waals surface area contributed by atoms with E-state index in [4.69, 9.17) is 4.74 Å². The van der Waals surface area contributed by atoms with E-state index in [-0.39, 0.29) is 12.2 Å². The van der Waals surface area contributed by atoms with Crippen LogP contribution >= 0.6 is 15.9 Å². The Kier molecular flexibility index (Phi) is 5.79. The van der Waals surface area contributed by atoms with Crippen LogP contribution in [-0.4, -0.2) is 36.4 Å². The van der Waals surface area contributed by atoms with Crippen LogP contribution in [-0.2, 0) is 9.59 Å². The monoisotopic (exact) mass is 443 g/mol.